The molecule has 2 atom stereocenters. The molecule has 0 N–H and O–H groups in total. The maximum Gasteiger partial charge on any atom is 0.376 e. The number of ether oxygens (including phenoxy) is 1. The van der Waals surface area contributed by atoms with Gasteiger partial charge in [0.2, 0.25) is 5.82 Å². The first-order valence-electron chi connectivity index (χ1n) is 7.26. The van der Waals surface area contributed by atoms with Crippen molar-refractivity contribution in [1.82, 2.24) is 14.8 Å². The Hall–Kier alpha value is -1.39. The fourth-order valence-corrected chi connectivity index (χ4v) is 3.01. The molecule has 1 saturated carbocycles. The van der Waals surface area contributed by atoms with Crippen molar-refractivity contribution in [2.24, 2.45) is 5.92 Å². The molecule has 1 heterocycles. The largest absolute Gasteiger partial charge is 0.460 e. The standard InChI is InChI=1S/C14H23N3O2/c1-4-11-7-6-8-12(9-11)17-10(3)15-16-13(17)14(18)19-5-2/h11-12H,4-9H2,1-3H3. The average Bonchev–Trinajstić information content (AvgIpc) is 2.81. The van der Waals surface area contributed by atoms with Gasteiger partial charge in [-0.05, 0) is 32.6 Å². The molecule has 2 rings (SSSR count). The Labute approximate surface area is 114 Å². The molecule has 5 heteroatoms. The number of hydrogen-bond acceptors (Lipinski definition) is 4. The fourth-order valence-electron chi connectivity index (χ4n) is 3.01. The van der Waals surface area contributed by atoms with Gasteiger partial charge in [0.05, 0.1) is 6.61 Å². The monoisotopic (exact) mass is 265 g/mol. The van der Waals surface area contributed by atoms with Crippen LogP contribution in [0, 0.1) is 12.8 Å². The summed E-state index contributed by atoms with van der Waals surface area (Å²) >= 11 is 0. The molecule has 0 radical (unpaired) electrons. The fraction of sp³-hybridized carbons (Fsp3) is 0.786. The third kappa shape index (κ3) is 2.96. The molecule has 1 aliphatic rings. The smallest absolute Gasteiger partial charge is 0.376 e. The van der Waals surface area contributed by atoms with E-state index in [1.807, 2.05) is 11.5 Å². The zero-order valence-electron chi connectivity index (χ0n) is 12.1. The summed E-state index contributed by atoms with van der Waals surface area (Å²) in [6, 6.07) is 0.341. The second-order valence-corrected chi connectivity index (χ2v) is 5.26. The zero-order valence-corrected chi connectivity index (χ0v) is 12.1. The first-order valence-corrected chi connectivity index (χ1v) is 7.26. The first-order chi connectivity index (χ1) is 9.17. The maximum atomic E-state index is 11.9. The topological polar surface area (TPSA) is 57.0 Å². The van der Waals surface area contributed by atoms with Gasteiger partial charge < -0.3 is 9.30 Å². The summed E-state index contributed by atoms with van der Waals surface area (Å²) in [6.45, 7) is 6.32. The lowest BCUT2D eigenvalue weighted by molar-refractivity contribution is 0.0499. The van der Waals surface area contributed by atoms with Gasteiger partial charge in [-0.1, -0.05) is 26.2 Å². The summed E-state index contributed by atoms with van der Waals surface area (Å²) < 4.78 is 7.05. The molecule has 1 aromatic heterocycles. The van der Waals surface area contributed by atoms with Crippen LogP contribution in [0.15, 0.2) is 0 Å². The highest BCUT2D eigenvalue weighted by Gasteiger charge is 2.28. The molecule has 19 heavy (non-hydrogen) atoms. The molecule has 0 bridgehead atoms. The summed E-state index contributed by atoms with van der Waals surface area (Å²) in [4.78, 5) is 11.9. The minimum Gasteiger partial charge on any atom is -0.460 e. The highest BCUT2D eigenvalue weighted by atomic mass is 16.5. The van der Waals surface area contributed by atoms with Crippen molar-refractivity contribution in [3.05, 3.63) is 11.6 Å². The number of carbonyl (C=O) groups is 1. The lowest BCUT2D eigenvalue weighted by Crippen LogP contribution is -2.24. The van der Waals surface area contributed by atoms with Gasteiger partial charge >= 0.3 is 5.97 Å². The van der Waals surface area contributed by atoms with E-state index >= 15 is 0 Å². The van der Waals surface area contributed by atoms with Crippen LogP contribution in [0.2, 0.25) is 0 Å². The molecule has 5 nitrogen and oxygen atoms in total. The van der Waals surface area contributed by atoms with Crippen molar-refractivity contribution >= 4 is 5.97 Å². The number of aromatic nitrogens is 3. The Morgan fingerprint density at radius 3 is 2.84 bits per heavy atom. The molecule has 0 saturated heterocycles. The Morgan fingerprint density at radius 2 is 2.16 bits per heavy atom. The van der Waals surface area contributed by atoms with E-state index in [0.717, 1.165) is 24.6 Å². The van der Waals surface area contributed by atoms with Gasteiger partial charge in [0, 0.05) is 6.04 Å². The van der Waals surface area contributed by atoms with E-state index in [2.05, 4.69) is 17.1 Å². The molecule has 1 aromatic rings. The van der Waals surface area contributed by atoms with Crippen molar-refractivity contribution in [3.8, 4) is 0 Å². The molecule has 0 amide bonds. The van der Waals surface area contributed by atoms with Crippen LogP contribution in [-0.4, -0.2) is 27.3 Å². The van der Waals surface area contributed by atoms with Crippen molar-refractivity contribution in [3.63, 3.8) is 0 Å². The molecule has 0 aromatic carbocycles. The van der Waals surface area contributed by atoms with E-state index in [9.17, 15) is 4.79 Å². The Morgan fingerprint density at radius 1 is 1.37 bits per heavy atom. The van der Waals surface area contributed by atoms with E-state index in [1.165, 1.54) is 19.3 Å². The van der Waals surface area contributed by atoms with Crippen LogP contribution in [-0.2, 0) is 4.74 Å². The number of carbonyl (C=O) groups excluding carboxylic acids is 1. The Bertz CT molecular complexity index is 442. The second kappa shape index (κ2) is 6.17. The van der Waals surface area contributed by atoms with Crippen molar-refractivity contribution in [1.29, 1.82) is 0 Å². The van der Waals surface area contributed by atoms with Gasteiger partial charge in [-0.3, -0.25) is 0 Å². The Kier molecular flexibility index (Phi) is 4.56. The normalized spacial score (nSPS) is 23.3. The van der Waals surface area contributed by atoms with Gasteiger partial charge in [-0.15, -0.1) is 10.2 Å². The van der Waals surface area contributed by atoms with Gasteiger partial charge in [-0.2, -0.15) is 0 Å². The van der Waals surface area contributed by atoms with E-state index in [1.54, 1.807) is 6.92 Å². The minimum absolute atomic E-state index is 0.341. The van der Waals surface area contributed by atoms with Gasteiger partial charge in [-0.25, -0.2) is 4.79 Å². The molecular formula is C14H23N3O2. The molecule has 0 aliphatic heterocycles. The maximum absolute atomic E-state index is 11.9. The van der Waals surface area contributed by atoms with E-state index < -0.39 is 0 Å². The first kappa shape index (κ1) is 14.0. The molecule has 106 valence electrons. The van der Waals surface area contributed by atoms with Gasteiger partial charge in [0.15, 0.2) is 0 Å². The van der Waals surface area contributed by atoms with Crippen LogP contribution < -0.4 is 0 Å². The molecular weight excluding hydrogens is 242 g/mol. The zero-order chi connectivity index (χ0) is 13.8. The van der Waals surface area contributed by atoms with Crippen LogP contribution in [0.5, 0.6) is 0 Å². The highest BCUT2D eigenvalue weighted by Crippen LogP contribution is 2.35. The van der Waals surface area contributed by atoms with Gasteiger partial charge in [0.25, 0.3) is 0 Å². The third-order valence-corrected chi connectivity index (χ3v) is 4.02. The summed E-state index contributed by atoms with van der Waals surface area (Å²) in [6.07, 6.45) is 5.92. The van der Waals surface area contributed by atoms with Crippen LogP contribution >= 0.6 is 0 Å². The summed E-state index contributed by atoms with van der Waals surface area (Å²) in [5, 5.41) is 8.06. The molecule has 1 fully saturated rings. The predicted octanol–water partition coefficient (Wildman–Crippen LogP) is 2.90. The number of esters is 1. The quantitative estimate of drug-likeness (QED) is 0.785. The second-order valence-electron chi connectivity index (χ2n) is 5.26. The van der Waals surface area contributed by atoms with Crippen LogP contribution in [0.25, 0.3) is 0 Å². The highest BCUT2D eigenvalue weighted by molar-refractivity contribution is 5.85. The molecule has 0 spiro atoms. The molecule has 1 aliphatic carbocycles. The summed E-state index contributed by atoms with van der Waals surface area (Å²) in [7, 11) is 0. The van der Waals surface area contributed by atoms with Gasteiger partial charge in [0.1, 0.15) is 5.82 Å². The lowest BCUT2D eigenvalue weighted by Gasteiger charge is -2.30. The average molecular weight is 265 g/mol. The van der Waals surface area contributed by atoms with Crippen LogP contribution in [0.1, 0.15) is 68.4 Å². The lowest BCUT2D eigenvalue weighted by atomic mass is 9.84. The molecule has 2 unspecified atom stereocenters. The van der Waals surface area contributed by atoms with Crippen molar-refractivity contribution < 1.29 is 9.53 Å². The minimum atomic E-state index is -0.360. The predicted molar refractivity (Wildman–Crippen MR) is 72.0 cm³/mol. The number of hydrogen-bond donors (Lipinski definition) is 0. The van der Waals surface area contributed by atoms with Crippen LogP contribution in [0.3, 0.4) is 0 Å². The number of nitrogens with zero attached hydrogens (tertiary/aromatic N) is 3. The third-order valence-electron chi connectivity index (χ3n) is 4.02. The Balaban J connectivity index is 2.23. The van der Waals surface area contributed by atoms with E-state index in [4.69, 9.17) is 4.74 Å². The SMILES string of the molecule is CCOC(=O)c1nnc(C)n1C1CCCC(CC)C1. The summed E-state index contributed by atoms with van der Waals surface area (Å²) in [5.74, 6) is 1.56. The van der Waals surface area contributed by atoms with Crippen LogP contribution in [0.4, 0.5) is 0 Å². The summed E-state index contributed by atoms with van der Waals surface area (Å²) in [5.41, 5.74) is 0. The van der Waals surface area contributed by atoms with Crippen molar-refractivity contribution in [2.45, 2.75) is 58.9 Å². The van der Waals surface area contributed by atoms with E-state index in [-0.39, 0.29) is 5.97 Å². The van der Waals surface area contributed by atoms with Crippen molar-refractivity contribution in [2.75, 3.05) is 6.61 Å². The number of aryl methyl sites for hydroxylation is 1. The number of rotatable bonds is 4. The van der Waals surface area contributed by atoms with E-state index in [0.29, 0.717) is 18.5 Å².